The van der Waals surface area contributed by atoms with E-state index >= 15 is 0 Å². The first-order valence-electron chi connectivity index (χ1n) is 12.9. The van der Waals surface area contributed by atoms with Crippen LogP contribution in [0.4, 0.5) is 0 Å². The van der Waals surface area contributed by atoms with Gasteiger partial charge in [0.2, 0.25) is 0 Å². The summed E-state index contributed by atoms with van der Waals surface area (Å²) in [5.74, 6) is 0. The quantitative estimate of drug-likeness (QED) is 0.243. The van der Waals surface area contributed by atoms with Crippen molar-refractivity contribution in [3.8, 4) is 0 Å². The molecular formula is C30H46. The van der Waals surface area contributed by atoms with Gasteiger partial charge in [-0.05, 0) is 66.8 Å². The molecule has 0 saturated carbocycles. The van der Waals surface area contributed by atoms with Crippen LogP contribution in [0.2, 0.25) is 0 Å². The van der Waals surface area contributed by atoms with E-state index in [2.05, 4.69) is 63.2 Å². The van der Waals surface area contributed by atoms with E-state index < -0.39 is 0 Å². The molecule has 0 radical (unpaired) electrons. The minimum atomic E-state index is 1.09. The van der Waals surface area contributed by atoms with E-state index in [9.17, 15) is 0 Å². The van der Waals surface area contributed by atoms with E-state index in [0.29, 0.717) is 0 Å². The third-order valence-corrected chi connectivity index (χ3v) is 6.57. The Hall–Kier alpha value is -1.56. The second-order valence-electron chi connectivity index (χ2n) is 9.20. The lowest BCUT2D eigenvalue weighted by Gasteiger charge is -2.18. The van der Waals surface area contributed by atoms with Crippen molar-refractivity contribution in [2.45, 2.75) is 117 Å². The van der Waals surface area contributed by atoms with Gasteiger partial charge >= 0.3 is 0 Å². The summed E-state index contributed by atoms with van der Waals surface area (Å²) in [6, 6.07) is 15.9. The van der Waals surface area contributed by atoms with Gasteiger partial charge in [0.1, 0.15) is 0 Å². The van der Waals surface area contributed by atoms with Crippen LogP contribution >= 0.6 is 0 Å². The Morgan fingerprint density at radius 3 is 1.73 bits per heavy atom. The van der Waals surface area contributed by atoms with E-state index in [4.69, 9.17) is 0 Å². The highest BCUT2D eigenvalue weighted by atomic mass is 14.2. The summed E-state index contributed by atoms with van der Waals surface area (Å²) in [6.45, 7) is 6.92. The molecule has 0 amide bonds. The average molecular weight is 407 g/mol. The first kappa shape index (κ1) is 24.7. The van der Waals surface area contributed by atoms with Crippen LogP contribution in [0.15, 0.2) is 42.5 Å². The molecule has 2 aromatic carbocycles. The van der Waals surface area contributed by atoms with Gasteiger partial charge in [0, 0.05) is 0 Å². The molecule has 166 valence electrons. The standard InChI is InChI=1S/C30H46/c1-4-6-8-10-12-17-21-28-24-23-26(3)30(25-27-19-15-14-16-20-27)29(28)22-18-13-11-9-7-5-2/h14-16,19-20,23-24H,4-13,17-18,21-22,25H2,1-3H3. The molecule has 0 N–H and O–H groups in total. The lowest BCUT2D eigenvalue weighted by molar-refractivity contribution is 0.598. The van der Waals surface area contributed by atoms with Crippen LogP contribution in [0, 0.1) is 6.92 Å². The van der Waals surface area contributed by atoms with Gasteiger partial charge in [0.05, 0.1) is 0 Å². The smallest absolute Gasteiger partial charge is 0.00203 e. The van der Waals surface area contributed by atoms with Gasteiger partial charge in [-0.15, -0.1) is 0 Å². The van der Waals surface area contributed by atoms with Crippen LogP contribution < -0.4 is 0 Å². The zero-order valence-electron chi connectivity index (χ0n) is 20.1. The molecule has 30 heavy (non-hydrogen) atoms. The molecule has 0 aliphatic carbocycles. The van der Waals surface area contributed by atoms with E-state index in [1.54, 1.807) is 16.7 Å². The minimum absolute atomic E-state index is 1.09. The van der Waals surface area contributed by atoms with Gasteiger partial charge in [0.25, 0.3) is 0 Å². The topological polar surface area (TPSA) is 0 Å². The predicted molar refractivity (Wildman–Crippen MR) is 135 cm³/mol. The Labute approximate surface area is 187 Å². The third-order valence-electron chi connectivity index (χ3n) is 6.57. The molecule has 0 aliphatic heterocycles. The molecule has 0 nitrogen and oxygen atoms in total. The maximum atomic E-state index is 2.45. The maximum Gasteiger partial charge on any atom is -0.00203 e. The molecular weight excluding hydrogens is 360 g/mol. The van der Waals surface area contributed by atoms with E-state index in [0.717, 1.165) is 6.42 Å². The Morgan fingerprint density at radius 1 is 0.533 bits per heavy atom. The number of rotatable bonds is 16. The zero-order chi connectivity index (χ0) is 21.4. The van der Waals surface area contributed by atoms with Crippen LogP contribution in [-0.2, 0) is 19.3 Å². The maximum absolute atomic E-state index is 2.45. The fraction of sp³-hybridized carbons (Fsp3) is 0.600. The first-order chi connectivity index (χ1) is 14.8. The van der Waals surface area contributed by atoms with Crippen molar-refractivity contribution >= 4 is 0 Å². The van der Waals surface area contributed by atoms with Crippen LogP contribution in [0.25, 0.3) is 0 Å². The normalized spacial score (nSPS) is 11.2. The summed E-state index contributed by atoms with van der Waals surface area (Å²) < 4.78 is 0. The molecule has 0 heteroatoms. The van der Waals surface area contributed by atoms with Gasteiger partial charge in [-0.2, -0.15) is 0 Å². The summed E-state index contributed by atoms with van der Waals surface area (Å²) in [6.07, 6.45) is 20.2. The van der Waals surface area contributed by atoms with Crippen molar-refractivity contribution in [1.82, 2.24) is 0 Å². The molecule has 0 bridgehead atoms. The van der Waals surface area contributed by atoms with E-state index in [-0.39, 0.29) is 0 Å². The molecule has 2 rings (SSSR count). The number of hydrogen-bond acceptors (Lipinski definition) is 0. The van der Waals surface area contributed by atoms with E-state index in [1.165, 1.54) is 101 Å². The highest BCUT2D eigenvalue weighted by molar-refractivity contribution is 5.43. The summed E-state index contributed by atoms with van der Waals surface area (Å²) >= 11 is 0. The summed E-state index contributed by atoms with van der Waals surface area (Å²) in [5.41, 5.74) is 7.85. The molecule has 0 heterocycles. The van der Waals surface area contributed by atoms with Crippen LogP contribution in [0.3, 0.4) is 0 Å². The molecule has 0 saturated heterocycles. The lowest BCUT2D eigenvalue weighted by atomic mass is 9.87. The van der Waals surface area contributed by atoms with Crippen molar-refractivity contribution in [3.63, 3.8) is 0 Å². The fourth-order valence-corrected chi connectivity index (χ4v) is 4.63. The Balaban J connectivity index is 2.06. The molecule has 0 spiro atoms. The molecule has 0 fully saturated rings. The molecule has 2 aromatic rings. The van der Waals surface area contributed by atoms with Gasteiger partial charge in [-0.1, -0.05) is 121 Å². The minimum Gasteiger partial charge on any atom is -0.0654 e. The van der Waals surface area contributed by atoms with Gasteiger partial charge in [-0.3, -0.25) is 0 Å². The van der Waals surface area contributed by atoms with Crippen LogP contribution in [0.5, 0.6) is 0 Å². The lowest BCUT2D eigenvalue weighted by Crippen LogP contribution is -2.05. The number of hydrogen-bond donors (Lipinski definition) is 0. The van der Waals surface area contributed by atoms with Crippen LogP contribution in [-0.4, -0.2) is 0 Å². The zero-order valence-corrected chi connectivity index (χ0v) is 20.1. The van der Waals surface area contributed by atoms with Crippen molar-refractivity contribution in [2.75, 3.05) is 0 Å². The van der Waals surface area contributed by atoms with Crippen molar-refractivity contribution in [3.05, 3.63) is 70.3 Å². The number of benzene rings is 2. The number of unbranched alkanes of at least 4 members (excludes halogenated alkanes) is 10. The summed E-state index contributed by atoms with van der Waals surface area (Å²) in [5, 5.41) is 0. The second-order valence-corrected chi connectivity index (χ2v) is 9.20. The summed E-state index contributed by atoms with van der Waals surface area (Å²) in [4.78, 5) is 0. The van der Waals surface area contributed by atoms with Crippen molar-refractivity contribution < 1.29 is 0 Å². The largest absolute Gasteiger partial charge is 0.0654 e. The Kier molecular flexibility index (Phi) is 12.6. The fourth-order valence-electron chi connectivity index (χ4n) is 4.63. The van der Waals surface area contributed by atoms with Gasteiger partial charge in [-0.25, -0.2) is 0 Å². The Morgan fingerprint density at radius 2 is 1.10 bits per heavy atom. The number of aryl methyl sites for hydroxylation is 2. The Bertz CT molecular complexity index is 683. The second kappa shape index (κ2) is 15.3. The molecule has 0 unspecified atom stereocenters. The monoisotopic (exact) mass is 406 g/mol. The van der Waals surface area contributed by atoms with Gasteiger partial charge < -0.3 is 0 Å². The molecule has 0 aromatic heterocycles. The molecule has 0 atom stereocenters. The van der Waals surface area contributed by atoms with E-state index in [1.807, 2.05) is 0 Å². The van der Waals surface area contributed by atoms with Crippen LogP contribution in [0.1, 0.15) is 119 Å². The van der Waals surface area contributed by atoms with Crippen molar-refractivity contribution in [2.24, 2.45) is 0 Å². The first-order valence-corrected chi connectivity index (χ1v) is 12.9. The summed E-state index contributed by atoms with van der Waals surface area (Å²) in [7, 11) is 0. The average Bonchev–Trinajstić information content (AvgIpc) is 2.77. The van der Waals surface area contributed by atoms with Gasteiger partial charge in [0.15, 0.2) is 0 Å². The SMILES string of the molecule is CCCCCCCCc1ccc(C)c(Cc2ccccc2)c1CCCCCCCC. The highest BCUT2D eigenvalue weighted by Gasteiger charge is 2.12. The molecule has 0 aliphatic rings. The highest BCUT2D eigenvalue weighted by Crippen LogP contribution is 2.26. The predicted octanol–water partition coefficient (Wildman–Crippen LogP) is 9.39. The van der Waals surface area contributed by atoms with Crippen molar-refractivity contribution in [1.29, 1.82) is 0 Å². The third kappa shape index (κ3) is 9.07.